The predicted molar refractivity (Wildman–Crippen MR) is 76.1 cm³/mol. The van der Waals surface area contributed by atoms with Gasteiger partial charge in [-0.2, -0.15) is 5.26 Å². The third-order valence-corrected chi connectivity index (χ3v) is 3.17. The summed E-state index contributed by atoms with van der Waals surface area (Å²) >= 11 is 4.92. The van der Waals surface area contributed by atoms with E-state index in [-0.39, 0.29) is 23.8 Å². The summed E-state index contributed by atoms with van der Waals surface area (Å²) in [6.45, 7) is 2.56. The van der Waals surface area contributed by atoms with Crippen LogP contribution in [-0.2, 0) is 14.6 Å². The molecule has 3 N–H and O–H groups in total. The van der Waals surface area contributed by atoms with Crippen LogP contribution in [0.5, 0.6) is 0 Å². The molecule has 0 saturated heterocycles. The van der Waals surface area contributed by atoms with E-state index in [1.807, 2.05) is 13.0 Å². The lowest BCUT2D eigenvalue weighted by Crippen LogP contribution is -2.52. The number of nitriles is 1. The molecule has 108 valence electrons. The van der Waals surface area contributed by atoms with Crippen LogP contribution in [0.3, 0.4) is 0 Å². The van der Waals surface area contributed by atoms with E-state index in [9.17, 15) is 13.2 Å². The minimum absolute atomic E-state index is 0.162. The first-order chi connectivity index (χ1) is 8.80. The second-order valence-corrected chi connectivity index (χ2v) is 6.44. The number of amides is 1. The van der Waals surface area contributed by atoms with E-state index in [0.29, 0.717) is 6.54 Å². The summed E-state index contributed by atoms with van der Waals surface area (Å²) in [4.78, 5) is 11.8. The summed E-state index contributed by atoms with van der Waals surface area (Å²) in [6.07, 6.45) is 1.20. The first kappa shape index (κ1) is 17.6. The van der Waals surface area contributed by atoms with Crippen LogP contribution in [0, 0.1) is 11.3 Å². The topological polar surface area (TPSA) is 111 Å². The van der Waals surface area contributed by atoms with Crippen molar-refractivity contribution in [3.8, 4) is 6.07 Å². The lowest BCUT2D eigenvalue weighted by Gasteiger charge is -2.19. The quantitative estimate of drug-likeness (QED) is 0.405. The zero-order chi connectivity index (χ0) is 14.9. The number of thiocarbonyl (C=S) groups is 1. The normalized spacial score (nSPS) is 12.1. The minimum Gasteiger partial charge on any atom is -0.363 e. The van der Waals surface area contributed by atoms with Crippen molar-refractivity contribution in [3.63, 3.8) is 0 Å². The Balaban J connectivity index is 4.62. The molecule has 0 aliphatic carbocycles. The highest BCUT2D eigenvalue weighted by Crippen LogP contribution is 1.93. The van der Waals surface area contributed by atoms with Crippen molar-refractivity contribution in [2.75, 3.05) is 25.1 Å². The molecule has 0 spiro atoms. The summed E-state index contributed by atoms with van der Waals surface area (Å²) in [6, 6.07) is 0.908. The van der Waals surface area contributed by atoms with Crippen LogP contribution in [0.25, 0.3) is 0 Å². The van der Waals surface area contributed by atoms with Crippen LogP contribution in [0.4, 0.5) is 0 Å². The fourth-order valence-corrected chi connectivity index (χ4v) is 2.35. The van der Waals surface area contributed by atoms with Crippen molar-refractivity contribution < 1.29 is 13.2 Å². The van der Waals surface area contributed by atoms with Gasteiger partial charge in [0.15, 0.2) is 5.11 Å². The van der Waals surface area contributed by atoms with Gasteiger partial charge in [-0.25, -0.2) is 8.42 Å². The largest absolute Gasteiger partial charge is 0.363 e. The van der Waals surface area contributed by atoms with Gasteiger partial charge in [0.2, 0.25) is 5.91 Å². The van der Waals surface area contributed by atoms with Crippen molar-refractivity contribution >= 4 is 33.1 Å². The first-order valence-corrected chi connectivity index (χ1v) is 8.13. The van der Waals surface area contributed by atoms with E-state index >= 15 is 0 Å². The zero-order valence-electron chi connectivity index (χ0n) is 10.9. The van der Waals surface area contributed by atoms with Crippen molar-refractivity contribution in [1.82, 2.24) is 16.0 Å². The molecule has 0 aromatic heterocycles. The third kappa shape index (κ3) is 9.21. The number of nitrogens with zero attached hydrogens (tertiary/aromatic N) is 1. The molecule has 1 unspecified atom stereocenters. The molecule has 0 aromatic rings. The van der Waals surface area contributed by atoms with Gasteiger partial charge in [-0.15, -0.1) is 0 Å². The molecule has 0 aliphatic rings. The standard InChI is InChI=1S/C10H18N4O3S2/c1-3-12-10(18)14-8(7-19(2,16)17)9(15)13-6-4-5-11/h8H,3-4,6-7H2,1-2H3,(H,13,15)(H2,12,14,18). The summed E-state index contributed by atoms with van der Waals surface area (Å²) < 4.78 is 22.6. The van der Waals surface area contributed by atoms with Crippen LogP contribution < -0.4 is 16.0 Å². The highest BCUT2D eigenvalue weighted by molar-refractivity contribution is 7.90. The van der Waals surface area contributed by atoms with Crippen molar-refractivity contribution in [2.45, 2.75) is 19.4 Å². The second-order valence-electron chi connectivity index (χ2n) is 3.85. The van der Waals surface area contributed by atoms with Gasteiger partial charge in [-0.05, 0) is 19.1 Å². The van der Waals surface area contributed by atoms with E-state index in [1.54, 1.807) is 0 Å². The maximum Gasteiger partial charge on any atom is 0.243 e. The fourth-order valence-electron chi connectivity index (χ4n) is 1.22. The van der Waals surface area contributed by atoms with E-state index in [0.717, 1.165) is 6.26 Å². The Kier molecular flexibility index (Phi) is 8.02. The Morgan fingerprint density at radius 1 is 1.42 bits per heavy atom. The molecule has 0 saturated carbocycles. The average molecular weight is 306 g/mol. The number of hydrogen-bond donors (Lipinski definition) is 3. The summed E-state index contributed by atoms with van der Waals surface area (Å²) in [5, 5.41) is 16.5. The fraction of sp³-hybridized carbons (Fsp3) is 0.700. The van der Waals surface area contributed by atoms with E-state index in [4.69, 9.17) is 17.5 Å². The van der Waals surface area contributed by atoms with E-state index < -0.39 is 21.8 Å². The number of hydrogen-bond acceptors (Lipinski definition) is 5. The van der Waals surface area contributed by atoms with Crippen LogP contribution in [0.2, 0.25) is 0 Å². The molecule has 7 nitrogen and oxygen atoms in total. The van der Waals surface area contributed by atoms with Crippen LogP contribution >= 0.6 is 12.2 Å². The average Bonchev–Trinajstić information content (AvgIpc) is 2.26. The molecule has 0 heterocycles. The highest BCUT2D eigenvalue weighted by atomic mass is 32.2. The Bertz CT molecular complexity index is 456. The molecule has 0 aliphatic heterocycles. The molecule has 1 atom stereocenters. The molecule has 0 fully saturated rings. The molecule has 19 heavy (non-hydrogen) atoms. The number of rotatable bonds is 7. The molecule has 0 rings (SSSR count). The van der Waals surface area contributed by atoms with Gasteiger partial charge >= 0.3 is 0 Å². The van der Waals surface area contributed by atoms with E-state index in [1.165, 1.54) is 0 Å². The van der Waals surface area contributed by atoms with Gasteiger partial charge in [0.1, 0.15) is 15.9 Å². The molecule has 0 radical (unpaired) electrons. The third-order valence-electron chi connectivity index (χ3n) is 1.96. The van der Waals surface area contributed by atoms with Gasteiger partial charge in [0, 0.05) is 19.3 Å². The van der Waals surface area contributed by atoms with Crippen molar-refractivity contribution in [1.29, 1.82) is 5.26 Å². The Morgan fingerprint density at radius 2 is 2.05 bits per heavy atom. The van der Waals surface area contributed by atoms with Gasteiger partial charge in [0.25, 0.3) is 0 Å². The monoisotopic (exact) mass is 306 g/mol. The zero-order valence-corrected chi connectivity index (χ0v) is 12.5. The Hall–Kier alpha value is -1.40. The van der Waals surface area contributed by atoms with Gasteiger partial charge in [-0.3, -0.25) is 4.79 Å². The lowest BCUT2D eigenvalue weighted by molar-refractivity contribution is -0.122. The summed E-state index contributed by atoms with van der Waals surface area (Å²) in [7, 11) is -3.34. The van der Waals surface area contributed by atoms with Crippen LogP contribution in [-0.4, -0.2) is 50.6 Å². The maximum absolute atomic E-state index is 11.8. The minimum atomic E-state index is -3.34. The molecular weight excluding hydrogens is 288 g/mol. The summed E-state index contributed by atoms with van der Waals surface area (Å²) in [5.41, 5.74) is 0. The first-order valence-electron chi connectivity index (χ1n) is 5.67. The number of nitrogens with one attached hydrogen (secondary N) is 3. The number of carbonyl (C=O) groups excluding carboxylic acids is 1. The van der Waals surface area contributed by atoms with Gasteiger partial charge in [0.05, 0.1) is 18.2 Å². The number of carbonyl (C=O) groups is 1. The Morgan fingerprint density at radius 3 is 2.53 bits per heavy atom. The van der Waals surface area contributed by atoms with Crippen molar-refractivity contribution in [2.24, 2.45) is 0 Å². The molecule has 9 heteroatoms. The van der Waals surface area contributed by atoms with Gasteiger partial charge in [-0.1, -0.05) is 0 Å². The maximum atomic E-state index is 11.8. The molecule has 0 aromatic carbocycles. The molecule has 1 amide bonds. The second kappa shape index (κ2) is 8.66. The SMILES string of the molecule is CCNC(=S)NC(CS(C)(=O)=O)C(=O)NCCC#N. The molecular formula is C10H18N4O3S2. The smallest absolute Gasteiger partial charge is 0.243 e. The van der Waals surface area contributed by atoms with Crippen LogP contribution in [0.1, 0.15) is 13.3 Å². The number of sulfone groups is 1. The highest BCUT2D eigenvalue weighted by Gasteiger charge is 2.23. The lowest BCUT2D eigenvalue weighted by atomic mass is 10.3. The van der Waals surface area contributed by atoms with Gasteiger partial charge < -0.3 is 16.0 Å². The Labute approximate surface area is 118 Å². The molecule has 0 bridgehead atoms. The van der Waals surface area contributed by atoms with Crippen molar-refractivity contribution in [3.05, 3.63) is 0 Å². The van der Waals surface area contributed by atoms with E-state index in [2.05, 4.69) is 16.0 Å². The van der Waals surface area contributed by atoms with Crippen LogP contribution in [0.15, 0.2) is 0 Å². The summed E-state index contributed by atoms with van der Waals surface area (Å²) in [5.74, 6) is -0.863. The predicted octanol–water partition coefficient (Wildman–Crippen LogP) is -1.09.